The summed E-state index contributed by atoms with van der Waals surface area (Å²) in [7, 11) is 0. The minimum absolute atomic E-state index is 0.747. The monoisotopic (exact) mass is 232 g/mol. The van der Waals surface area contributed by atoms with E-state index in [1.165, 1.54) is 55.6 Å². The lowest BCUT2D eigenvalue weighted by Crippen LogP contribution is -2.46. The third-order valence-corrected chi connectivity index (χ3v) is 4.97. The Morgan fingerprint density at radius 1 is 1.14 bits per heavy atom. The topological polar surface area (TPSA) is 15.3 Å². The van der Waals surface area contributed by atoms with Crippen molar-refractivity contribution >= 4 is 23.5 Å². The van der Waals surface area contributed by atoms with Crippen LogP contribution in [0.25, 0.3) is 0 Å². The molecule has 2 rings (SSSR count). The first-order chi connectivity index (χ1) is 6.95. The zero-order chi connectivity index (χ0) is 9.64. The quantitative estimate of drug-likeness (QED) is 0.767. The molecular formula is C10H20N2S2. The van der Waals surface area contributed by atoms with Gasteiger partial charge in [-0.15, -0.1) is 0 Å². The van der Waals surface area contributed by atoms with Crippen LogP contribution in [0.2, 0.25) is 0 Å². The van der Waals surface area contributed by atoms with Crippen molar-refractivity contribution in [2.45, 2.75) is 12.5 Å². The normalized spacial score (nSPS) is 31.3. The van der Waals surface area contributed by atoms with Gasteiger partial charge in [0.25, 0.3) is 0 Å². The highest BCUT2D eigenvalue weighted by Gasteiger charge is 2.17. The van der Waals surface area contributed by atoms with Crippen molar-refractivity contribution in [1.29, 1.82) is 0 Å². The van der Waals surface area contributed by atoms with Crippen LogP contribution in [0, 0.1) is 0 Å². The molecule has 2 nitrogen and oxygen atoms in total. The SMILES string of the molecule is C1CSCCN(CC2CSCCN2)C1. The Kier molecular flexibility index (Phi) is 4.97. The molecule has 4 heteroatoms. The molecule has 0 aromatic rings. The maximum Gasteiger partial charge on any atom is 0.0285 e. The third-order valence-electron chi connectivity index (χ3n) is 2.79. The summed E-state index contributed by atoms with van der Waals surface area (Å²) in [5.41, 5.74) is 0. The summed E-state index contributed by atoms with van der Waals surface area (Å²) in [6, 6.07) is 0.747. The average Bonchev–Trinajstić information content (AvgIpc) is 2.48. The molecule has 0 bridgehead atoms. The van der Waals surface area contributed by atoms with E-state index in [4.69, 9.17) is 0 Å². The van der Waals surface area contributed by atoms with Gasteiger partial charge in [0.15, 0.2) is 0 Å². The van der Waals surface area contributed by atoms with Crippen molar-refractivity contribution in [3.8, 4) is 0 Å². The van der Waals surface area contributed by atoms with Gasteiger partial charge in [0.05, 0.1) is 0 Å². The molecule has 0 radical (unpaired) electrons. The van der Waals surface area contributed by atoms with Crippen molar-refractivity contribution in [2.75, 3.05) is 49.2 Å². The van der Waals surface area contributed by atoms with E-state index in [-0.39, 0.29) is 0 Å². The van der Waals surface area contributed by atoms with Crippen molar-refractivity contribution < 1.29 is 0 Å². The summed E-state index contributed by atoms with van der Waals surface area (Å²) in [4.78, 5) is 2.64. The van der Waals surface area contributed by atoms with Gasteiger partial charge in [-0.2, -0.15) is 23.5 Å². The number of nitrogens with zero attached hydrogens (tertiary/aromatic N) is 1. The summed E-state index contributed by atoms with van der Waals surface area (Å²) in [5, 5.41) is 3.62. The molecule has 0 amide bonds. The van der Waals surface area contributed by atoms with Gasteiger partial charge >= 0.3 is 0 Å². The molecule has 1 unspecified atom stereocenters. The zero-order valence-corrected chi connectivity index (χ0v) is 10.3. The Hall–Kier alpha value is 0.620. The van der Waals surface area contributed by atoms with Crippen LogP contribution in [-0.2, 0) is 0 Å². The maximum atomic E-state index is 3.62. The van der Waals surface area contributed by atoms with Crippen LogP contribution in [0.15, 0.2) is 0 Å². The van der Waals surface area contributed by atoms with Crippen LogP contribution in [0.3, 0.4) is 0 Å². The highest BCUT2D eigenvalue weighted by Crippen LogP contribution is 2.13. The molecule has 2 aliphatic heterocycles. The number of nitrogens with one attached hydrogen (secondary N) is 1. The van der Waals surface area contributed by atoms with Crippen molar-refractivity contribution in [3.63, 3.8) is 0 Å². The fourth-order valence-corrected chi connectivity index (χ4v) is 3.89. The predicted molar refractivity (Wildman–Crippen MR) is 67.5 cm³/mol. The lowest BCUT2D eigenvalue weighted by molar-refractivity contribution is 0.267. The second kappa shape index (κ2) is 6.26. The first-order valence-electron chi connectivity index (χ1n) is 5.56. The standard InChI is InChI=1S/C10H20N2S2/c1-3-12(4-7-13-5-1)8-10-9-14-6-2-11-10/h10-11H,1-9H2. The molecule has 0 saturated carbocycles. The van der Waals surface area contributed by atoms with Crippen LogP contribution in [0.4, 0.5) is 0 Å². The minimum Gasteiger partial charge on any atom is -0.311 e. The fraction of sp³-hybridized carbons (Fsp3) is 1.00. The third kappa shape index (κ3) is 3.65. The molecule has 0 aromatic heterocycles. The Bertz CT molecular complexity index is 152. The minimum atomic E-state index is 0.747. The summed E-state index contributed by atoms with van der Waals surface area (Å²) in [5.74, 6) is 5.30. The van der Waals surface area contributed by atoms with Crippen molar-refractivity contribution in [3.05, 3.63) is 0 Å². The smallest absolute Gasteiger partial charge is 0.0285 e. The van der Waals surface area contributed by atoms with Crippen LogP contribution < -0.4 is 5.32 Å². The Morgan fingerprint density at radius 2 is 2.14 bits per heavy atom. The number of hydrogen-bond acceptors (Lipinski definition) is 4. The van der Waals surface area contributed by atoms with E-state index >= 15 is 0 Å². The maximum absolute atomic E-state index is 3.62. The van der Waals surface area contributed by atoms with E-state index in [0.29, 0.717) is 0 Å². The lowest BCUT2D eigenvalue weighted by atomic mass is 10.3. The molecule has 2 fully saturated rings. The average molecular weight is 232 g/mol. The molecular weight excluding hydrogens is 212 g/mol. The second-order valence-electron chi connectivity index (χ2n) is 3.99. The molecule has 0 aliphatic carbocycles. The van der Waals surface area contributed by atoms with E-state index in [1.54, 1.807) is 0 Å². The largest absolute Gasteiger partial charge is 0.311 e. The summed E-state index contributed by atoms with van der Waals surface area (Å²) >= 11 is 4.22. The van der Waals surface area contributed by atoms with Gasteiger partial charge in [-0.05, 0) is 18.7 Å². The molecule has 2 aliphatic rings. The first-order valence-corrected chi connectivity index (χ1v) is 7.87. The molecule has 1 N–H and O–H groups in total. The fourth-order valence-electron chi connectivity index (χ4n) is 2.03. The lowest BCUT2D eigenvalue weighted by Gasteiger charge is -2.29. The van der Waals surface area contributed by atoms with E-state index in [0.717, 1.165) is 6.04 Å². The number of thioether (sulfide) groups is 2. The molecule has 14 heavy (non-hydrogen) atoms. The van der Waals surface area contributed by atoms with Gasteiger partial charge in [-0.1, -0.05) is 0 Å². The van der Waals surface area contributed by atoms with Crippen molar-refractivity contribution in [2.24, 2.45) is 0 Å². The molecule has 0 aromatic carbocycles. The summed E-state index contributed by atoms with van der Waals surface area (Å²) < 4.78 is 0. The Balaban J connectivity index is 1.71. The predicted octanol–water partition coefficient (Wildman–Crippen LogP) is 1.13. The molecule has 1 atom stereocenters. The van der Waals surface area contributed by atoms with Gasteiger partial charge in [0.2, 0.25) is 0 Å². The van der Waals surface area contributed by atoms with Crippen LogP contribution in [0.5, 0.6) is 0 Å². The van der Waals surface area contributed by atoms with Gasteiger partial charge < -0.3 is 10.2 Å². The highest BCUT2D eigenvalue weighted by atomic mass is 32.2. The van der Waals surface area contributed by atoms with Crippen LogP contribution in [-0.4, -0.2) is 60.1 Å². The highest BCUT2D eigenvalue weighted by molar-refractivity contribution is 7.99. The molecule has 0 spiro atoms. The van der Waals surface area contributed by atoms with Gasteiger partial charge in [-0.3, -0.25) is 0 Å². The molecule has 2 saturated heterocycles. The van der Waals surface area contributed by atoms with Gasteiger partial charge in [0, 0.05) is 42.9 Å². The Labute approximate surface area is 95.6 Å². The van der Waals surface area contributed by atoms with E-state index in [9.17, 15) is 0 Å². The summed E-state index contributed by atoms with van der Waals surface area (Å²) in [6.45, 7) is 5.09. The van der Waals surface area contributed by atoms with E-state index in [1.807, 2.05) is 0 Å². The Morgan fingerprint density at radius 3 is 3.00 bits per heavy atom. The molecule has 82 valence electrons. The van der Waals surface area contributed by atoms with Gasteiger partial charge in [0.1, 0.15) is 0 Å². The first kappa shape index (κ1) is 11.1. The van der Waals surface area contributed by atoms with Gasteiger partial charge in [-0.25, -0.2) is 0 Å². The zero-order valence-electron chi connectivity index (χ0n) is 8.71. The van der Waals surface area contributed by atoms with Crippen LogP contribution in [0.1, 0.15) is 6.42 Å². The van der Waals surface area contributed by atoms with E-state index in [2.05, 4.69) is 33.7 Å². The second-order valence-corrected chi connectivity index (χ2v) is 6.37. The summed E-state index contributed by atoms with van der Waals surface area (Å²) in [6.07, 6.45) is 1.38. The number of hydrogen-bond donors (Lipinski definition) is 1. The van der Waals surface area contributed by atoms with Crippen LogP contribution >= 0.6 is 23.5 Å². The van der Waals surface area contributed by atoms with Crippen molar-refractivity contribution in [1.82, 2.24) is 10.2 Å². The number of rotatable bonds is 2. The molecule has 2 heterocycles. The van der Waals surface area contributed by atoms with E-state index < -0.39 is 0 Å².